The molecule has 1 unspecified atom stereocenters. The van der Waals surface area contributed by atoms with Crippen LogP contribution in [0.2, 0.25) is 0 Å². The molecule has 1 aliphatic heterocycles. The molecule has 2 heterocycles. The topological polar surface area (TPSA) is 75.4 Å². The number of halogens is 5. The SMILES string of the molecule is C[C@@H]1CC(F)(F)c2ncnc(N3CCN(C(=O)C(CCCC(C)(C)N)c4ccc(C(F)(F)F)cc4)CC3)c21. The second-order valence-electron chi connectivity index (χ2n) is 11.1. The number of hydrogen-bond acceptors (Lipinski definition) is 5. The maximum absolute atomic E-state index is 14.4. The highest BCUT2D eigenvalue weighted by atomic mass is 19.4. The molecule has 1 aliphatic carbocycles. The molecule has 6 nitrogen and oxygen atoms in total. The number of rotatable bonds is 7. The lowest BCUT2D eigenvalue weighted by Gasteiger charge is -2.38. The predicted molar refractivity (Wildman–Crippen MR) is 134 cm³/mol. The number of benzene rings is 1. The minimum absolute atomic E-state index is 0.160. The third-order valence-corrected chi connectivity index (χ3v) is 7.41. The van der Waals surface area contributed by atoms with Crippen LogP contribution in [0.3, 0.4) is 0 Å². The number of amides is 1. The van der Waals surface area contributed by atoms with Crippen LogP contribution in [-0.2, 0) is 16.9 Å². The number of alkyl halides is 5. The Morgan fingerprint density at radius 3 is 2.32 bits per heavy atom. The standard InChI is InChI=1S/C27H34F5N5O/c1-17-15-26(28,29)22-21(17)23(35-16-34-22)36-11-13-37(14-12-36)24(38)20(5-4-10-25(2,3)33)18-6-8-19(9-7-18)27(30,31)32/h6-9,16-17,20H,4-5,10-15,33H2,1-3H3/t17-,20?/m1/s1. The van der Waals surface area contributed by atoms with Crippen molar-refractivity contribution in [2.45, 2.75) is 75.9 Å². The summed E-state index contributed by atoms with van der Waals surface area (Å²) in [4.78, 5) is 25.4. The molecule has 11 heteroatoms. The lowest BCUT2D eigenvalue weighted by molar-refractivity contribution is -0.137. The maximum Gasteiger partial charge on any atom is 0.416 e. The molecule has 0 bridgehead atoms. The number of nitrogens with two attached hydrogens (primary N) is 1. The molecule has 0 saturated carbocycles. The van der Waals surface area contributed by atoms with Crippen LogP contribution in [0.15, 0.2) is 30.6 Å². The zero-order valence-corrected chi connectivity index (χ0v) is 21.9. The van der Waals surface area contributed by atoms with Crippen molar-refractivity contribution >= 4 is 11.7 Å². The first-order valence-electron chi connectivity index (χ1n) is 12.9. The molecular formula is C27H34F5N5O. The largest absolute Gasteiger partial charge is 0.416 e. The van der Waals surface area contributed by atoms with E-state index in [0.29, 0.717) is 62.4 Å². The van der Waals surface area contributed by atoms with Gasteiger partial charge in [0, 0.05) is 43.7 Å². The van der Waals surface area contributed by atoms with Crippen LogP contribution in [0.25, 0.3) is 0 Å². The molecule has 1 aromatic heterocycles. The third-order valence-electron chi connectivity index (χ3n) is 7.41. The van der Waals surface area contributed by atoms with Crippen molar-refractivity contribution in [2.24, 2.45) is 5.73 Å². The van der Waals surface area contributed by atoms with Crippen LogP contribution in [-0.4, -0.2) is 52.5 Å². The maximum atomic E-state index is 14.4. The van der Waals surface area contributed by atoms with Crippen molar-refractivity contribution in [2.75, 3.05) is 31.1 Å². The van der Waals surface area contributed by atoms with Gasteiger partial charge >= 0.3 is 6.18 Å². The van der Waals surface area contributed by atoms with E-state index in [1.807, 2.05) is 18.7 Å². The van der Waals surface area contributed by atoms with E-state index in [0.717, 1.165) is 18.5 Å². The van der Waals surface area contributed by atoms with Crippen LogP contribution in [0.4, 0.5) is 27.8 Å². The van der Waals surface area contributed by atoms with Crippen LogP contribution >= 0.6 is 0 Å². The van der Waals surface area contributed by atoms with E-state index < -0.39 is 29.1 Å². The van der Waals surface area contributed by atoms with Gasteiger partial charge in [0.1, 0.15) is 17.8 Å². The van der Waals surface area contributed by atoms with Crippen molar-refractivity contribution in [1.82, 2.24) is 14.9 Å². The Balaban J connectivity index is 1.49. The van der Waals surface area contributed by atoms with Gasteiger partial charge in [-0.25, -0.2) is 9.97 Å². The quantitative estimate of drug-likeness (QED) is 0.475. The van der Waals surface area contributed by atoms with Crippen molar-refractivity contribution in [1.29, 1.82) is 0 Å². The number of fused-ring (bicyclic) bond motifs is 1. The van der Waals surface area contributed by atoms with Crippen molar-refractivity contribution in [3.63, 3.8) is 0 Å². The number of hydrogen-bond donors (Lipinski definition) is 1. The molecule has 1 amide bonds. The summed E-state index contributed by atoms with van der Waals surface area (Å²) in [6, 6.07) is 4.77. The number of carbonyl (C=O) groups excluding carboxylic acids is 1. The van der Waals surface area contributed by atoms with Crippen molar-refractivity contribution in [3.8, 4) is 0 Å². The fourth-order valence-corrected chi connectivity index (χ4v) is 5.42. The lowest BCUT2D eigenvalue weighted by Crippen LogP contribution is -2.50. The van der Waals surface area contributed by atoms with Crippen LogP contribution in [0.5, 0.6) is 0 Å². The molecule has 0 radical (unpaired) electrons. The van der Waals surface area contributed by atoms with Gasteiger partial charge in [0.15, 0.2) is 0 Å². The van der Waals surface area contributed by atoms with E-state index in [1.54, 1.807) is 11.8 Å². The zero-order chi connectivity index (χ0) is 27.9. The first-order chi connectivity index (χ1) is 17.7. The third kappa shape index (κ3) is 6.08. The molecule has 208 valence electrons. The summed E-state index contributed by atoms with van der Waals surface area (Å²) in [7, 11) is 0. The molecule has 1 aromatic carbocycles. The van der Waals surface area contributed by atoms with Crippen LogP contribution in [0, 0.1) is 0 Å². The molecule has 2 N–H and O–H groups in total. The van der Waals surface area contributed by atoms with E-state index >= 15 is 0 Å². The highest BCUT2D eigenvalue weighted by Crippen LogP contribution is 2.49. The number of aromatic nitrogens is 2. The zero-order valence-electron chi connectivity index (χ0n) is 21.9. The molecule has 38 heavy (non-hydrogen) atoms. The highest BCUT2D eigenvalue weighted by Gasteiger charge is 2.47. The average molecular weight is 540 g/mol. The summed E-state index contributed by atoms with van der Waals surface area (Å²) in [5.74, 6) is -3.65. The average Bonchev–Trinajstić information content (AvgIpc) is 3.08. The first kappa shape index (κ1) is 28.2. The normalized spacial score (nSPS) is 20.4. The van der Waals surface area contributed by atoms with Crippen molar-refractivity contribution in [3.05, 3.63) is 53.0 Å². The molecule has 2 atom stereocenters. The lowest BCUT2D eigenvalue weighted by atomic mass is 9.88. The van der Waals surface area contributed by atoms with Gasteiger partial charge in [-0.3, -0.25) is 4.79 Å². The summed E-state index contributed by atoms with van der Waals surface area (Å²) in [5.41, 5.74) is 5.68. The molecular weight excluding hydrogens is 505 g/mol. The molecule has 0 spiro atoms. The van der Waals surface area contributed by atoms with Crippen molar-refractivity contribution < 1.29 is 26.7 Å². The van der Waals surface area contributed by atoms with E-state index in [-0.39, 0.29) is 23.9 Å². The Labute approximate surface area is 219 Å². The summed E-state index contributed by atoms with van der Waals surface area (Å²) in [6.45, 7) is 7.03. The van der Waals surface area contributed by atoms with Gasteiger partial charge in [-0.1, -0.05) is 25.5 Å². The van der Waals surface area contributed by atoms with Gasteiger partial charge < -0.3 is 15.5 Å². The summed E-state index contributed by atoms with van der Waals surface area (Å²) >= 11 is 0. The van der Waals surface area contributed by atoms with Gasteiger partial charge in [-0.15, -0.1) is 0 Å². The second kappa shape index (κ2) is 10.4. The second-order valence-corrected chi connectivity index (χ2v) is 11.1. The Bertz CT molecular complexity index is 1140. The van der Waals surface area contributed by atoms with Gasteiger partial charge in [0.25, 0.3) is 5.92 Å². The van der Waals surface area contributed by atoms with E-state index in [1.165, 1.54) is 12.1 Å². The molecule has 2 aromatic rings. The van der Waals surface area contributed by atoms with Gasteiger partial charge in [0.2, 0.25) is 5.91 Å². The monoisotopic (exact) mass is 539 g/mol. The Morgan fingerprint density at radius 2 is 1.74 bits per heavy atom. The fourth-order valence-electron chi connectivity index (χ4n) is 5.42. The molecule has 1 fully saturated rings. The number of anilines is 1. The van der Waals surface area contributed by atoms with E-state index in [2.05, 4.69) is 9.97 Å². The number of carbonyl (C=O) groups is 1. The number of piperazine rings is 1. The fraction of sp³-hybridized carbons (Fsp3) is 0.593. The Hall–Kier alpha value is -2.82. The van der Waals surface area contributed by atoms with Gasteiger partial charge in [-0.2, -0.15) is 22.0 Å². The van der Waals surface area contributed by atoms with Crippen LogP contribution in [0.1, 0.15) is 80.7 Å². The minimum Gasteiger partial charge on any atom is -0.353 e. The number of nitrogens with zero attached hydrogens (tertiary/aromatic N) is 4. The molecule has 1 saturated heterocycles. The summed E-state index contributed by atoms with van der Waals surface area (Å²) in [6.07, 6.45) is -1.84. The Kier molecular flexibility index (Phi) is 7.71. The molecule has 4 rings (SSSR count). The van der Waals surface area contributed by atoms with Gasteiger partial charge in [0.05, 0.1) is 11.5 Å². The predicted octanol–water partition coefficient (Wildman–Crippen LogP) is 5.43. The van der Waals surface area contributed by atoms with Gasteiger partial charge in [-0.05, 0) is 50.3 Å². The summed E-state index contributed by atoms with van der Waals surface area (Å²) < 4.78 is 68.0. The summed E-state index contributed by atoms with van der Waals surface area (Å²) in [5, 5.41) is 0. The smallest absolute Gasteiger partial charge is 0.353 e. The minimum atomic E-state index is -4.46. The van der Waals surface area contributed by atoms with E-state index in [9.17, 15) is 26.7 Å². The Morgan fingerprint density at radius 1 is 1.11 bits per heavy atom. The van der Waals surface area contributed by atoms with Crippen LogP contribution < -0.4 is 10.6 Å². The molecule has 2 aliphatic rings. The first-order valence-corrected chi connectivity index (χ1v) is 12.9. The highest BCUT2D eigenvalue weighted by molar-refractivity contribution is 5.84. The van der Waals surface area contributed by atoms with E-state index in [4.69, 9.17) is 5.73 Å².